The van der Waals surface area contributed by atoms with E-state index in [-0.39, 0.29) is 5.91 Å². The zero-order valence-electron chi connectivity index (χ0n) is 12.0. The van der Waals surface area contributed by atoms with Gasteiger partial charge in [-0.05, 0) is 11.5 Å². The number of amides is 1. The maximum absolute atomic E-state index is 11.7. The molecule has 0 fully saturated rings. The molecule has 3 N–H and O–H groups in total. The topological polar surface area (TPSA) is 64.3 Å². The van der Waals surface area contributed by atoms with Gasteiger partial charge in [0.15, 0.2) is 0 Å². The van der Waals surface area contributed by atoms with Gasteiger partial charge in [0.25, 0.3) is 0 Å². The number of thiocarbonyl (C=S) groups is 1. The smallest absolute Gasteiger partial charge is 0.224 e. The van der Waals surface area contributed by atoms with Gasteiger partial charge in [-0.1, -0.05) is 50.3 Å². The van der Waals surface area contributed by atoms with Crippen LogP contribution in [-0.2, 0) is 16.0 Å². The Hall–Kier alpha value is -1.46. The normalized spacial score (nSPS) is 10.6. The van der Waals surface area contributed by atoms with Crippen molar-refractivity contribution in [1.82, 2.24) is 5.32 Å². The summed E-state index contributed by atoms with van der Waals surface area (Å²) in [6, 6.07) is 7.39. The average molecular weight is 294 g/mol. The third-order valence-electron chi connectivity index (χ3n) is 2.62. The third-order valence-corrected chi connectivity index (χ3v) is 2.86. The zero-order valence-corrected chi connectivity index (χ0v) is 12.8. The van der Waals surface area contributed by atoms with Crippen LogP contribution in [0, 0.1) is 5.92 Å². The number of carbonyl (C=O) groups is 1. The molecule has 5 heteroatoms. The van der Waals surface area contributed by atoms with Crippen molar-refractivity contribution >= 4 is 23.1 Å². The number of carbonyl (C=O) groups excluding carboxylic acids is 1. The molecule has 0 bridgehead atoms. The minimum Gasteiger partial charge on any atom is -0.389 e. The summed E-state index contributed by atoms with van der Waals surface area (Å²) in [5.41, 5.74) is 7.27. The van der Waals surface area contributed by atoms with Gasteiger partial charge >= 0.3 is 0 Å². The van der Waals surface area contributed by atoms with Crippen LogP contribution >= 0.6 is 12.2 Å². The fourth-order valence-corrected chi connectivity index (χ4v) is 1.75. The van der Waals surface area contributed by atoms with Crippen LogP contribution in [0.25, 0.3) is 0 Å². The number of hydrogen-bond acceptors (Lipinski definition) is 3. The van der Waals surface area contributed by atoms with Crippen LogP contribution in [0.5, 0.6) is 0 Å². The van der Waals surface area contributed by atoms with Crippen molar-refractivity contribution in [1.29, 1.82) is 0 Å². The summed E-state index contributed by atoms with van der Waals surface area (Å²) < 4.78 is 5.39. The predicted octanol–water partition coefficient (Wildman–Crippen LogP) is 1.65. The Labute approximate surface area is 125 Å². The van der Waals surface area contributed by atoms with Crippen molar-refractivity contribution < 1.29 is 9.53 Å². The van der Waals surface area contributed by atoms with E-state index in [0.717, 1.165) is 17.7 Å². The molecule has 1 amide bonds. The maximum Gasteiger partial charge on any atom is 0.224 e. The van der Waals surface area contributed by atoms with Crippen molar-refractivity contribution in [3.8, 4) is 0 Å². The highest BCUT2D eigenvalue weighted by Gasteiger charge is 2.04. The van der Waals surface area contributed by atoms with E-state index in [1.54, 1.807) is 0 Å². The van der Waals surface area contributed by atoms with Gasteiger partial charge in [-0.2, -0.15) is 0 Å². The summed E-state index contributed by atoms with van der Waals surface area (Å²) in [6.45, 7) is 5.99. The van der Waals surface area contributed by atoms with E-state index in [1.807, 2.05) is 24.3 Å². The Morgan fingerprint density at radius 3 is 2.55 bits per heavy atom. The molecule has 0 atom stereocenters. The van der Waals surface area contributed by atoms with E-state index in [2.05, 4.69) is 19.2 Å². The number of hydrogen-bond donors (Lipinski definition) is 2. The SMILES string of the molecule is CC(C)COCCNC(=O)Cc1ccc(C(N)=S)cc1. The van der Waals surface area contributed by atoms with Gasteiger partial charge in [0, 0.05) is 18.7 Å². The predicted molar refractivity (Wildman–Crippen MR) is 84.7 cm³/mol. The lowest BCUT2D eigenvalue weighted by Crippen LogP contribution is -2.29. The van der Waals surface area contributed by atoms with E-state index in [1.165, 1.54) is 0 Å². The Balaban J connectivity index is 2.26. The number of benzene rings is 1. The van der Waals surface area contributed by atoms with Crippen molar-refractivity contribution in [2.24, 2.45) is 11.7 Å². The first-order valence-electron chi connectivity index (χ1n) is 6.72. The Morgan fingerprint density at radius 1 is 1.35 bits per heavy atom. The molecule has 0 aliphatic carbocycles. The van der Waals surface area contributed by atoms with Gasteiger partial charge in [-0.15, -0.1) is 0 Å². The average Bonchev–Trinajstić information content (AvgIpc) is 2.38. The lowest BCUT2D eigenvalue weighted by Gasteiger charge is -2.08. The Morgan fingerprint density at radius 2 is 2.00 bits per heavy atom. The fraction of sp³-hybridized carbons (Fsp3) is 0.467. The van der Waals surface area contributed by atoms with E-state index in [0.29, 0.717) is 30.5 Å². The molecule has 1 rings (SSSR count). The van der Waals surface area contributed by atoms with Crippen LogP contribution in [0.15, 0.2) is 24.3 Å². The van der Waals surface area contributed by atoms with Gasteiger partial charge in [-0.3, -0.25) is 4.79 Å². The standard InChI is InChI=1S/C15H22N2O2S/c1-11(2)10-19-8-7-17-14(18)9-12-3-5-13(6-4-12)15(16)20/h3-6,11H,7-10H2,1-2H3,(H2,16,20)(H,17,18). The molecule has 0 unspecified atom stereocenters. The Bertz CT molecular complexity index is 444. The first-order valence-corrected chi connectivity index (χ1v) is 7.13. The monoisotopic (exact) mass is 294 g/mol. The van der Waals surface area contributed by atoms with Crippen molar-refractivity contribution in [3.63, 3.8) is 0 Å². The number of nitrogens with two attached hydrogens (primary N) is 1. The molecule has 0 spiro atoms. The molecule has 0 aromatic heterocycles. The molecular formula is C15H22N2O2S. The van der Waals surface area contributed by atoms with Crippen molar-refractivity contribution in [2.75, 3.05) is 19.8 Å². The zero-order chi connectivity index (χ0) is 15.0. The van der Waals surface area contributed by atoms with Crippen LogP contribution in [0.3, 0.4) is 0 Å². The molecule has 20 heavy (non-hydrogen) atoms. The lowest BCUT2D eigenvalue weighted by atomic mass is 10.1. The molecule has 110 valence electrons. The van der Waals surface area contributed by atoms with Gasteiger partial charge in [0.1, 0.15) is 4.99 Å². The quantitative estimate of drug-likeness (QED) is 0.565. The van der Waals surface area contributed by atoms with E-state index < -0.39 is 0 Å². The molecule has 0 radical (unpaired) electrons. The molecule has 4 nitrogen and oxygen atoms in total. The maximum atomic E-state index is 11.7. The molecule has 1 aromatic carbocycles. The molecule has 1 aromatic rings. The molecule has 0 heterocycles. The highest BCUT2D eigenvalue weighted by molar-refractivity contribution is 7.80. The summed E-state index contributed by atoms with van der Waals surface area (Å²) in [4.78, 5) is 12.1. The molecular weight excluding hydrogens is 272 g/mol. The third kappa shape index (κ3) is 6.63. The van der Waals surface area contributed by atoms with Gasteiger partial charge in [0.05, 0.1) is 13.0 Å². The Kier molecular flexibility index (Phi) is 7.18. The molecule has 0 saturated heterocycles. The second-order valence-electron chi connectivity index (χ2n) is 5.06. The summed E-state index contributed by atoms with van der Waals surface area (Å²) >= 11 is 4.88. The summed E-state index contributed by atoms with van der Waals surface area (Å²) in [5.74, 6) is 0.499. The van der Waals surface area contributed by atoms with Gasteiger partial charge in [0.2, 0.25) is 5.91 Å². The number of rotatable bonds is 8. The highest BCUT2D eigenvalue weighted by Crippen LogP contribution is 2.05. The number of ether oxygens (including phenoxy) is 1. The van der Waals surface area contributed by atoms with E-state index >= 15 is 0 Å². The minimum absolute atomic E-state index is 0.0128. The van der Waals surface area contributed by atoms with Crippen molar-refractivity contribution in [3.05, 3.63) is 35.4 Å². The summed E-state index contributed by atoms with van der Waals surface area (Å²) in [7, 11) is 0. The second kappa shape index (κ2) is 8.66. The minimum atomic E-state index is -0.0128. The fourth-order valence-electron chi connectivity index (χ4n) is 1.62. The molecule has 0 aliphatic heterocycles. The van der Waals surface area contributed by atoms with E-state index in [4.69, 9.17) is 22.7 Å². The molecule has 0 saturated carbocycles. The van der Waals surface area contributed by atoms with Crippen LogP contribution < -0.4 is 11.1 Å². The van der Waals surface area contributed by atoms with Gasteiger partial charge < -0.3 is 15.8 Å². The van der Waals surface area contributed by atoms with Crippen LogP contribution in [0.4, 0.5) is 0 Å². The second-order valence-corrected chi connectivity index (χ2v) is 5.50. The van der Waals surface area contributed by atoms with Crippen molar-refractivity contribution in [2.45, 2.75) is 20.3 Å². The lowest BCUT2D eigenvalue weighted by molar-refractivity contribution is -0.120. The summed E-state index contributed by atoms with van der Waals surface area (Å²) in [5, 5.41) is 2.83. The van der Waals surface area contributed by atoms with Crippen LogP contribution in [-0.4, -0.2) is 30.7 Å². The van der Waals surface area contributed by atoms with E-state index in [9.17, 15) is 4.79 Å². The first kappa shape index (κ1) is 16.6. The largest absolute Gasteiger partial charge is 0.389 e. The first-order chi connectivity index (χ1) is 9.49. The number of nitrogens with one attached hydrogen (secondary N) is 1. The summed E-state index contributed by atoms with van der Waals surface area (Å²) in [6.07, 6.45) is 0.349. The molecule has 0 aliphatic rings. The van der Waals surface area contributed by atoms with Crippen LogP contribution in [0.1, 0.15) is 25.0 Å². The van der Waals surface area contributed by atoms with Crippen LogP contribution in [0.2, 0.25) is 0 Å². The highest BCUT2D eigenvalue weighted by atomic mass is 32.1. The van der Waals surface area contributed by atoms with Gasteiger partial charge in [-0.25, -0.2) is 0 Å².